The average Bonchev–Trinajstić information content (AvgIpc) is 2.89. The van der Waals surface area contributed by atoms with Gasteiger partial charge in [0.05, 0.1) is 6.61 Å². The summed E-state index contributed by atoms with van der Waals surface area (Å²) in [6.45, 7) is 5.15. The van der Waals surface area contributed by atoms with Gasteiger partial charge in [0, 0.05) is 6.07 Å². The SMILES string of the molecule is CCCCCCCC1CCC(C2CCC3CC(c4ccc(OCCCC)cc4F)CCC3C2)CC1. The maximum atomic E-state index is 15.0. The molecular formula is C33H53FO. The summed E-state index contributed by atoms with van der Waals surface area (Å²) in [5, 5.41) is 0. The molecule has 3 fully saturated rings. The molecule has 0 radical (unpaired) electrons. The first kappa shape index (κ1) is 27.0. The summed E-state index contributed by atoms with van der Waals surface area (Å²) >= 11 is 0. The van der Waals surface area contributed by atoms with E-state index in [0.29, 0.717) is 18.3 Å². The van der Waals surface area contributed by atoms with Gasteiger partial charge in [-0.25, -0.2) is 4.39 Å². The minimum Gasteiger partial charge on any atom is -0.493 e. The molecule has 198 valence electrons. The van der Waals surface area contributed by atoms with E-state index < -0.39 is 0 Å². The lowest BCUT2D eigenvalue weighted by Gasteiger charge is -2.45. The third kappa shape index (κ3) is 7.72. The zero-order chi connectivity index (χ0) is 24.5. The Kier molecular flexibility index (Phi) is 10.8. The van der Waals surface area contributed by atoms with Crippen LogP contribution < -0.4 is 4.74 Å². The minimum absolute atomic E-state index is 0.0433. The van der Waals surface area contributed by atoms with Gasteiger partial charge in [-0.15, -0.1) is 0 Å². The largest absolute Gasteiger partial charge is 0.493 e. The van der Waals surface area contributed by atoms with Crippen molar-refractivity contribution in [3.8, 4) is 5.75 Å². The molecule has 0 heterocycles. The zero-order valence-electron chi connectivity index (χ0n) is 22.9. The van der Waals surface area contributed by atoms with Crippen LogP contribution in [-0.4, -0.2) is 6.61 Å². The van der Waals surface area contributed by atoms with Gasteiger partial charge in [0.25, 0.3) is 0 Å². The maximum absolute atomic E-state index is 15.0. The Hall–Kier alpha value is -1.05. The third-order valence-electron chi connectivity index (χ3n) is 10.1. The first-order valence-electron chi connectivity index (χ1n) is 15.6. The molecule has 0 amide bonds. The van der Waals surface area contributed by atoms with E-state index in [1.54, 1.807) is 6.07 Å². The first-order valence-corrected chi connectivity index (χ1v) is 15.6. The molecule has 35 heavy (non-hydrogen) atoms. The molecule has 4 unspecified atom stereocenters. The summed E-state index contributed by atoms with van der Waals surface area (Å²) in [7, 11) is 0. The molecule has 4 rings (SSSR count). The van der Waals surface area contributed by atoms with Crippen LogP contribution in [0.2, 0.25) is 0 Å². The fraction of sp³-hybridized carbons (Fsp3) is 0.818. The van der Waals surface area contributed by atoms with E-state index in [-0.39, 0.29) is 5.82 Å². The molecule has 2 heteroatoms. The second-order valence-electron chi connectivity index (χ2n) is 12.5. The second kappa shape index (κ2) is 14.0. The van der Waals surface area contributed by atoms with Gasteiger partial charge < -0.3 is 4.74 Å². The molecule has 0 aliphatic heterocycles. The first-order chi connectivity index (χ1) is 17.2. The highest BCUT2D eigenvalue weighted by Gasteiger charge is 2.39. The van der Waals surface area contributed by atoms with Crippen LogP contribution in [-0.2, 0) is 0 Å². The van der Waals surface area contributed by atoms with Gasteiger partial charge in [0.2, 0.25) is 0 Å². The van der Waals surface area contributed by atoms with E-state index >= 15 is 0 Å². The lowest BCUT2D eigenvalue weighted by atomic mass is 9.60. The van der Waals surface area contributed by atoms with E-state index in [9.17, 15) is 4.39 Å². The third-order valence-corrected chi connectivity index (χ3v) is 10.1. The Morgan fingerprint density at radius 1 is 0.714 bits per heavy atom. The molecule has 3 saturated carbocycles. The molecular weight excluding hydrogens is 431 g/mol. The van der Waals surface area contributed by atoms with Gasteiger partial charge in [0.15, 0.2) is 0 Å². The van der Waals surface area contributed by atoms with Crippen molar-refractivity contribution in [2.45, 2.75) is 135 Å². The minimum atomic E-state index is -0.0433. The van der Waals surface area contributed by atoms with Crippen LogP contribution in [0, 0.1) is 35.4 Å². The number of hydrogen-bond acceptors (Lipinski definition) is 1. The van der Waals surface area contributed by atoms with Crippen LogP contribution in [0.4, 0.5) is 4.39 Å². The lowest BCUT2D eigenvalue weighted by Crippen LogP contribution is -2.34. The average molecular weight is 485 g/mol. The normalized spacial score (nSPS) is 31.2. The molecule has 3 aliphatic carbocycles. The molecule has 1 nitrogen and oxygen atoms in total. The van der Waals surface area contributed by atoms with E-state index in [2.05, 4.69) is 13.8 Å². The van der Waals surface area contributed by atoms with Crippen molar-refractivity contribution >= 4 is 0 Å². The summed E-state index contributed by atoms with van der Waals surface area (Å²) in [6, 6.07) is 5.66. The Morgan fingerprint density at radius 3 is 2.11 bits per heavy atom. The standard InChI is InChI=1S/C33H53FO/c1-3-5-7-8-9-10-25-11-13-26(14-12-25)27-15-16-29-23-30(18-17-28(29)22-27)32-20-19-31(24-33(32)34)35-21-6-4-2/h19-20,24-30H,3-18,21-23H2,1-2H3. The highest BCUT2D eigenvalue weighted by Crippen LogP contribution is 2.51. The summed E-state index contributed by atoms with van der Waals surface area (Å²) in [4.78, 5) is 0. The highest BCUT2D eigenvalue weighted by atomic mass is 19.1. The molecule has 0 saturated heterocycles. The van der Waals surface area contributed by atoms with E-state index in [1.807, 2.05) is 12.1 Å². The van der Waals surface area contributed by atoms with Gasteiger partial charge >= 0.3 is 0 Å². The predicted octanol–water partition coefficient (Wildman–Crippen LogP) is 10.5. The number of ether oxygens (including phenoxy) is 1. The van der Waals surface area contributed by atoms with Crippen molar-refractivity contribution in [3.63, 3.8) is 0 Å². The number of unbranched alkanes of at least 4 members (excludes halogenated alkanes) is 5. The van der Waals surface area contributed by atoms with Gasteiger partial charge in [-0.05, 0) is 105 Å². The van der Waals surface area contributed by atoms with Crippen LogP contribution in [0.1, 0.15) is 141 Å². The van der Waals surface area contributed by atoms with Gasteiger partial charge in [-0.2, -0.15) is 0 Å². The summed E-state index contributed by atoms with van der Waals surface area (Å²) in [6.07, 6.45) is 24.8. The van der Waals surface area contributed by atoms with Gasteiger partial charge in [0.1, 0.15) is 11.6 Å². The van der Waals surface area contributed by atoms with E-state index in [4.69, 9.17) is 4.74 Å². The monoisotopic (exact) mass is 484 g/mol. The number of hydrogen-bond donors (Lipinski definition) is 0. The van der Waals surface area contributed by atoms with Crippen molar-refractivity contribution in [2.24, 2.45) is 29.6 Å². The Balaban J connectivity index is 1.20. The lowest BCUT2D eigenvalue weighted by molar-refractivity contribution is 0.0706. The van der Waals surface area contributed by atoms with Crippen molar-refractivity contribution in [1.29, 1.82) is 0 Å². The predicted molar refractivity (Wildman–Crippen MR) is 147 cm³/mol. The van der Waals surface area contributed by atoms with Gasteiger partial charge in [-0.1, -0.05) is 77.7 Å². The highest BCUT2D eigenvalue weighted by molar-refractivity contribution is 5.31. The van der Waals surface area contributed by atoms with Crippen LogP contribution >= 0.6 is 0 Å². The molecule has 1 aromatic carbocycles. The van der Waals surface area contributed by atoms with Crippen LogP contribution in [0.15, 0.2) is 18.2 Å². The van der Waals surface area contributed by atoms with Gasteiger partial charge in [-0.3, -0.25) is 0 Å². The van der Waals surface area contributed by atoms with Crippen LogP contribution in [0.25, 0.3) is 0 Å². The summed E-state index contributed by atoms with van der Waals surface area (Å²) in [5.74, 6) is 5.80. The van der Waals surface area contributed by atoms with Crippen LogP contribution in [0.3, 0.4) is 0 Å². The van der Waals surface area contributed by atoms with Crippen molar-refractivity contribution in [1.82, 2.24) is 0 Å². The molecule has 4 atom stereocenters. The number of halogens is 1. The maximum Gasteiger partial charge on any atom is 0.130 e. The topological polar surface area (TPSA) is 9.23 Å². The molecule has 1 aromatic rings. The molecule has 0 bridgehead atoms. The van der Waals surface area contributed by atoms with Crippen LogP contribution in [0.5, 0.6) is 5.75 Å². The fourth-order valence-electron chi connectivity index (χ4n) is 7.88. The molecule has 0 N–H and O–H groups in total. The van der Waals surface area contributed by atoms with E-state index in [1.165, 1.54) is 103 Å². The van der Waals surface area contributed by atoms with Crippen molar-refractivity contribution in [3.05, 3.63) is 29.6 Å². The number of fused-ring (bicyclic) bond motifs is 1. The smallest absolute Gasteiger partial charge is 0.130 e. The fourth-order valence-corrected chi connectivity index (χ4v) is 7.88. The quantitative estimate of drug-likeness (QED) is 0.268. The summed E-state index contributed by atoms with van der Waals surface area (Å²) in [5.41, 5.74) is 0.946. The van der Waals surface area contributed by atoms with Crippen molar-refractivity contribution < 1.29 is 9.13 Å². The Labute approximate surface area is 216 Å². The summed E-state index contributed by atoms with van der Waals surface area (Å²) < 4.78 is 20.7. The molecule has 0 aromatic heterocycles. The second-order valence-corrected chi connectivity index (χ2v) is 12.5. The number of benzene rings is 1. The Morgan fingerprint density at radius 2 is 1.37 bits per heavy atom. The van der Waals surface area contributed by atoms with Crippen molar-refractivity contribution in [2.75, 3.05) is 6.61 Å². The number of rotatable bonds is 12. The zero-order valence-corrected chi connectivity index (χ0v) is 22.9. The Bertz CT molecular complexity index is 737. The molecule has 0 spiro atoms. The molecule has 3 aliphatic rings. The van der Waals surface area contributed by atoms with E-state index in [0.717, 1.165) is 48.0 Å².